The Hall–Kier alpha value is -0.193. The minimum Gasteiger partial charge on any atom is -0.417 e. The molecule has 0 radical (unpaired) electrons. The normalized spacial score (nSPS) is 25.7. The van der Waals surface area contributed by atoms with E-state index < -0.39 is 8.32 Å². The van der Waals surface area contributed by atoms with Crippen molar-refractivity contribution in [3.63, 3.8) is 0 Å². The van der Waals surface area contributed by atoms with Crippen LogP contribution in [0.2, 0.25) is 18.1 Å². The molecule has 2 rings (SSSR count). The van der Waals surface area contributed by atoms with E-state index in [9.17, 15) is 4.79 Å². The van der Waals surface area contributed by atoms with Gasteiger partial charge in [-0.1, -0.05) is 52.9 Å². The topological polar surface area (TPSA) is 29.5 Å². The van der Waals surface area contributed by atoms with Crippen LogP contribution in [0.3, 0.4) is 0 Å². The number of carbonyl (C=O) groups excluding carboxylic acids is 1. The van der Waals surface area contributed by atoms with Gasteiger partial charge in [0.05, 0.1) is 0 Å². The van der Waals surface area contributed by atoms with Crippen LogP contribution in [0.25, 0.3) is 0 Å². The molecule has 2 fully saturated rings. The van der Waals surface area contributed by atoms with Crippen LogP contribution >= 0.6 is 0 Å². The molecule has 3 atom stereocenters. The van der Waals surface area contributed by atoms with E-state index in [1.54, 1.807) is 0 Å². The Bertz CT molecular complexity index is 471. The zero-order valence-corrected chi connectivity index (χ0v) is 20.0. The molecule has 2 saturated carbocycles. The molecule has 0 aromatic carbocycles. The van der Waals surface area contributed by atoms with Crippen molar-refractivity contribution in [3.05, 3.63) is 0 Å². The summed E-state index contributed by atoms with van der Waals surface area (Å²) in [6.45, 7) is 13.7. The molecule has 0 aromatic heterocycles. The SMILES string of the molecule is CN(CCCCCCCCCO[Si](C)(C)C(C)(C)C)C1C2CC[C@@H]1C(=O)C2. The first-order valence-electron chi connectivity index (χ1n) is 11.5. The van der Waals surface area contributed by atoms with Gasteiger partial charge in [-0.25, -0.2) is 0 Å². The second-order valence-corrected chi connectivity index (χ2v) is 15.5. The molecule has 27 heavy (non-hydrogen) atoms. The second kappa shape index (κ2) is 10.0. The Labute approximate surface area is 169 Å². The van der Waals surface area contributed by atoms with Crippen molar-refractivity contribution in [3.8, 4) is 0 Å². The highest BCUT2D eigenvalue weighted by molar-refractivity contribution is 6.74. The minimum absolute atomic E-state index is 0.325. The maximum absolute atomic E-state index is 11.9. The molecule has 0 aliphatic heterocycles. The third kappa shape index (κ3) is 6.40. The van der Waals surface area contributed by atoms with Gasteiger partial charge >= 0.3 is 0 Å². The van der Waals surface area contributed by atoms with Crippen molar-refractivity contribution in [1.29, 1.82) is 0 Å². The van der Waals surface area contributed by atoms with Crippen molar-refractivity contribution in [2.45, 2.75) is 109 Å². The predicted octanol–water partition coefficient (Wildman–Crippen LogP) is 6.04. The number of fused-ring (bicyclic) bond motifs is 2. The quantitative estimate of drug-likeness (QED) is 0.298. The summed E-state index contributed by atoms with van der Waals surface area (Å²) in [5, 5.41) is 0.325. The third-order valence-electron chi connectivity index (χ3n) is 7.55. The van der Waals surface area contributed by atoms with Gasteiger partial charge in [-0.05, 0) is 63.3 Å². The Kier molecular flexibility index (Phi) is 8.57. The van der Waals surface area contributed by atoms with Gasteiger partial charge in [-0.2, -0.15) is 0 Å². The number of hydrogen-bond acceptors (Lipinski definition) is 3. The van der Waals surface area contributed by atoms with Crippen LogP contribution in [0.1, 0.15) is 85.0 Å². The molecule has 2 unspecified atom stereocenters. The highest BCUT2D eigenvalue weighted by Crippen LogP contribution is 2.44. The van der Waals surface area contributed by atoms with E-state index in [1.165, 1.54) is 57.9 Å². The van der Waals surface area contributed by atoms with Crippen LogP contribution < -0.4 is 0 Å². The zero-order chi connectivity index (χ0) is 20.1. The number of nitrogens with zero attached hydrogens (tertiary/aromatic N) is 1. The number of unbranched alkanes of at least 4 members (excludes halogenated alkanes) is 6. The molecule has 2 bridgehead atoms. The first kappa shape index (κ1) is 23.1. The van der Waals surface area contributed by atoms with Crippen molar-refractivity contribution in [2.75, 3.05) is 20.2 Å². The smallest absolute Gasteiger partial charge is 0.191 e. The molecule has 0 heterocycles. The van der Waals surface area contributed by atoms with Gasteiger partial charge in [0.1, 0.15) is 5.78 Å². The molecule has 0 saturated heterocycles. The predicted molar refractivity (Wildman–Crippen MR) is 118 cm³/mol. The van der Waals surface area contributed by atoms with Crippen LogP contribution in [-0.2, 0) is 9.22 Å². The van der Waals surface area contributed by atoms with E-state index in [2.05, 4.69) is 45.8 Å². The Morgan fingerprint density at radius 1 is 1.00 bits per heavy atom. The fraction of sp³-hybridized carbons (Fsp3) is 0.957. The van der Waals surface area contributed by atoms with Crippen molar-refractivity contribution in [2.24, 2.45) is 11.8 Å². The summed E-state index contributed by atoms with van der Waals surface area (Å²) in [4.78, 5) is 14.4. The molecular weight excluding hydrogens is 350 g/mol. The van der Waals surface area contributed by atoms with Gasteiger partial charge in [0.15, 0.2) is 8.32 Å². The van der Waals surface area contributed by atoms with Gasteiger partial charge in [0, 0.05) is 25.0 Å². The largest absolute Gasteiger partial charge is 0.417 e. The second-order valence-electron chi connectivity index (χ2n) is 10.7. The number of carbonyl (C=O) groups is 1. The minimum atomic E-state index is -1.55. The molecular formula is C23H45NO2Si. The molecule has 0 amide bonds. The van der Waals surface area contributed by atoms with Gasteiger partial charge in [0.25, 0.3) is 0 Å². The summed E-state index contributed by atoms with van der Waals surface area (Å²) < 4.78 is 6.25. The summed E-state index contributed by atoms with van der Waals surface area (Å²) >= 11 is 0. The Balaban J connectivity index is 1.44. The first-order valence-corrected chi connectivity index (χ1v) is 14.4. The van der Waals surface area contributed by atoms with E-state index in [-0.39, 0.29) is 0 Å². The van der Waals surface area contributed by atoms with Crippen LogP contribution in [0, 0.1) is 11.8 Å². The molecule has 3 nitrogen and oxygen atoms in total. The maximum atomic E-state index is 11.9. The van der Waals surface area contributed by atoms with Gasteiger partial charge in [0.2, 0.25) is 0 Å². The lowest BCUT2D eigenvalue weighted by Crippen LogP contribution is -2.40. The third-order valence-corrected chi connectivity index (χ3v) is 12.1. The van der Waals surface area contributed by atoms with Crippen molar-refractivity contribution >= 4 is 14.1 Å². The van der Waals surface area contributed by atoms with Gasteiger partial charge in [-0.3, -0.25) is 4.79 Å². The van der Waals surface area contributed by atoms with Crippen molar-refractivity contribution < 1.29 is 9.22 Å². The lowest BCUT2D eigenvalue weighted by Gasteiger charge is -2.36. The van der Waals surface area contributed by atoms with Crippen LogP contribution in [0.15, 0.2) is 0 Å². The van der Waals surface area contributed by atoms with Crippen LogP contribution in [0.4, 0.5) is 0 Å². The van der Waals surface area contributed by atoms with E-state index in [0.29, 0.717) is 28.7 Å². The summed E-state index contributed by atoms with van der Waals surface area (Å²) in [7, 11) is 0.698. The van der Waals surface area contributed by atoms with Crippen LogP contribution in [-0.4, -0.2) is 45.2 Å². The molecule has 0 spiro atoms. The Morgan fingerprint density at radius 2 is 1.59 bits per heavy atom. The zero-order valence-electron chi connectivity index (χ0n) is 19.0. The summed E-state index contributed by atoms with van der Waals surface area (Å²) in [5.41, 5.74) is 0. The summed E-state index contributed by atoms with van der Waals surface area (Å²) in [6.07, 6.45) is 12.5. The van der Waals surface area contributed by atoms with E-state index in [4.69, 9.17) is 4.43 Å². The van der Waals surface area contributed by atoms with Crippen molar-refractivity contribution in [1.82, 2.24) is 4.90 Å². The molecule has 0 aromatic rings. The molecule has 2 aliphatic carbocycles. The lowest BCUT2D eigenvalue weighted by molar-refractivity contribution is -0.122. The van der Waals surface area contributed by atoms with Gasteiger partial charge in [-0.15, -0.1) is 0 Å². The van der Waals surface area contributed by atoms with E-state index in [1.807, 2.05) is 0 Å². The lowest BCUT2D eigenvalue weighted by atomic mass is 10.00. The Morgan fingerprint density at radius 3 is 2.11 bits per heavy atom. The average Bonchev–Trinajstić information content (AvgIpc) is 3.12. The van der Waals surface area contributed by atoms with Crippen LogP contribution in [0.5, 0.6) is 0 Å². The molecule has 4 heteroatoms. The number of ketones is 1. The molecule has 2 aliphatic rings. The summed E-state index contributed by atoms with van der Waals surface area (Å²) in [6, 6.07) is 0.568. The average molecular weight is 396 g/mol. The standard InChI is InChI=1S/C23H45NO2Si/c1-23(2,3)27(5,6)26-17-13-11-9-7-8-10-12-16-24(4)22-19-14-15-20(22)21(25)18-19/h19-20,22H,7-18H2,1-6H3/t19?,20-,22?/m1/s1. The highest BCUT2D eigenvalue weighted by atomic mass is 28.4. The maximum Gasteiger partial charge on any atom is 0.191 e. The van der Waals surface area contributed by atoms with Gasteiger partial charge < -0.3 is 9.33 Å². The number of rotatable bonds is 12. The monoisotopic (exact) mass is 395 g/mol. The first-order chi connectivity index (χ1) is 12.6. The number of Topliss-reactive ketones (excluding diaryl/α,β-unsaturated/α-hetero) is 1. The fourth-order valence-electron chi connectivity index (χ4n) is 4.75. The summed E-state index contributed by atoms with van der Waals surface area (Å²) in [5.74, 6) is 1.58. The van der Waals surface area contributed by atoms with E-state index >= 15 is 0 Å². The fourth-order valence-corrected chi connectivity index (χ4v) is 5.84. The number of hydrogen-bond donors (Lipinski definition) is 0. The molecule has 158 valence electrons. The highest BCUT2D eigenvalue weighted by Gasteiger charge is 2.48. The molecule has 0 N–H and O–H groups in total. The van der Waals surface area contributed by atoms with E-state index in [0.717, 1.165) is 19.4 Å².